The second-order valence-electron chi connectivity index (χ2n) is 6.56. The first kappa shape index (κ1) is 18.5. The molecule has 26 heavy (non-hydrogen) atoms. The smallest absolute Gasteiger partial charge is 0.231 e. The number of hydrogen-bond donors (Lipinski definition) is 2. The maximum atomic E-state index is 5.43. The summed E-state index contributed by atoms with van der Waals surface area (Å²) >= 11 is 5.43. The highest BCUT2D eigenvalue weighted by Gasteiger charge is 2.14. The predicted molar refractivity (Wildman–Crippen MR) is 108 cm³/mol. The highest BCUT2D eigenvalue weighted by Crippen LogP contribution is 2.32. The summed E-state index contributed by atoms with van der Waals surface area (Å²) in [5.74, 6) is 1.59. The number of thiocarbonyl (C=S) groups is 1. The van der Waals surface area contributed by atoms with Gasteiger partial charge in [0.1, 0.15) is 0 Å². The van der Waals surface area contributed by atoms with Crippen molar-refractivity contribution in [3.05, 3.63) is 59.7 Å². The summed E-state index contributed by atoms with van der Waals surface area (Å²) in [6, 6.07) is 16.8. The lowest BCUT2D eigenvalue weighted by atomic mass is 10.1. The van der Waals surface area contributed by atoms with E-state index in [2.05, 4.69) is 53.9 Å². The van der Waals surface area contributed by atoms with Crippen molar-refractivity contribution in [3.63, 3.8) is 0 Å². The van der Waals surface area contributed by atoms with Crippen LogP contribution in [0.15, 0.2) is 48.5 Å². The van der Waals surface area contributed by atoms with Gasteiger partial charge < -0.3 is 25.0 Å². The van der Waals surface area contributed by atoms with Crippen LogP contribution in [0.1, 0.15) is 11.1 Å². The minimum Gasteiger partial charge on any atom is -0.454 e. The van der Waals surface area contributed by atoms with Crippen molar-refractivity contribution in [3.8, 4) is 11.5 Å². The monoisotopic (exact) mass is 371 g/mol. The van der Waals surface area contributed by atoms with E-state index in [1.807, 2.05) is 24.3 Å². The van der Waals surface area contributed by atoms with Gasteiger partial charge in [0.05, 0.1) is 0 Å². The number of rotatable bonds is 7. The molecule has 1 aliphatic heterocycles. The standard InChI is InChI=1S/C20H25N3O2S/c1-23(2)17(10-15-6-4-3-5-7-15)13-22-20(26)21-12-16-8-9-18-19(11-16)25-14-24-18/h3-9,11,17H,10,12-14H2,1-2H3,(H2,21,22,26)/t17-/m1/s1. The van der Waals surface area contributed by atoms with Gasteiger partial charge in [0.15, 0.2) is 16.6 Å². The van der Waals surface area contributed by atoms with Gasteiger partial charge in [-0.25, -0.2) is 0 Å². The van der Waals surface area contributed by atoms with E-state index in [1.165, 1.54) is 5.56 Å². The quantitative estimate of drug-likeness (QED) is 0.730. The number of nitrogens with zero attached hydrogens (tertiary/aromatic N) is 1. The van der Waals surface area contributed by atoms with E-state index in [0.29, 0.717) is 24.5 Å². The summed E-state index contributed by atoms with van der Waals surface area (Å²) < 4.78 is 10.7. The average Bonchev–Trinajstić information content (AvgIpc) is 3.11. The molecule has 1 aliphatic rings. The molecule has 0 fully saturated rings. The lowest BCUT2D eigenvalue weighted by Crippen LogP contribution is -2.44. The van der Waals surface area contributed by atoms with Crippen LogP contribution in [-0.4, -0.2) is 43.5 Å². The first-order chi connectivity index (χ1) is 12.6. The third kappa shape index (κ3) is 5.09. The fraction of sp³-hybridized carbons (Fsp3) is 0.350. The van der Waals surface area contributed by atoms with Crippen molar-refractivity contribution < 1.29 is 9.47 Å². The molecule has 5 nitrogen and oxygen atoms in total. The molecular formula is C20H25N3O2S. The van der Waals surface area contributed by atoms with Crippen molar-refractivity contribution in [1.29, 1.82) is 0 Å². The van der Waals surface area contributed by atoms with Gasteiger partial charge in [0.25, 0.3) is 0 Å². The predicted octanol–water partition coefficient (Wildman–Crippen LogP) is 2.55. The maximum absolute atomic E-state index is 5.43. The summed E-state index contributed by atoms with van der Waals surface area (Å²) in [6.07, 6.45) is 0.978. The molecule has 0 aromatic heterocycles. The van der Waals surface area contributed by atoms with Gasteiger partial charge in [-0.3, -0.25) is 0 Å². The second kappa shape index (κ2) is 8.87. The molecule has 2 aromatic carbocycles. The van der Waals surface area contributed by atoms with Crippen LogP contribution in [0.3, 0.4) is 0 Å². The van der Waals surface area contributed by atoms with E-state index in [-0.39, 0.29) is 0 Å². The third-order valence-electron chi connectivity index (χ3n) is 4.43. The second-order valence-corrected chi connectivity index (χ2v) is 6.97. The number of nitrogens with one attached hydrogen (secondary N) is 2. The molecule has 0 amide bonds. The molecule has 2 N–H and O–H groups in total. The van der Waals surface area contributed by atoms with E-state index in [4.69, 9.17) is 21.7 Å². The molecule has 6 heteroatoms. The van der Waals surface area contributed by atoms with E-state index in [0.717, 1.165) is 30.0 Å². The Hall–Kier alpha value is -2.31. The molecule has 0 spiro atoms. The Morgan fingerprint density at radius 2 is 1.81 bits per heavy atom. The molecular weight excluding hydrogens is 346 g/mol. The minimum absolute atomic E-state index is 0.291. The molecule has 138 valence electrons. The zero-order valence-corrected chi connectivity index (χ0v) is 16.0. The van der Waals surface area contributed by atoms with Crippen LogP contribution < -0.4 is 20.1 Å². The summed E-state index contributed by atoms with van der Waals surface area (Å²) in [5.41, 5.74) is 2.43. The third-order valence-corrected chi connectivity index (χ3v) is 4.72. The van der Waals surface area contributed by atoms with Gasteiger partial charge in [-0.15, -0.1) is 0 Å². The lowest BCUT2D eigenvalue weighted by molar-refractivity contribution is 0.174. The molecule has 1 atom stereocenters. The van der Waals surface area contributed by atoms with E-state index < -0.39 is 0 Å². The molecule has 0 radical (unpaired) electrons. The van der Waals surface area contributed by atoms with Gasteiger partial charge in [0.2, 0.25) is 6.79 Å². The molecule has 2 aromatic rings. The van der Waals surface area contributed by atoms with Gasteiger partial charge in [-0.2, -0.15) is 0 Å². The van der Waals surface area contributed by atoms with Crippen LogP contribution >= 0.6 is 12.2 Å². The van der Waals surface area contributed by atoms with Crippen molar-refractivity contribution in [2.75, 3.05) is 27.4 Å². The molecule has 3 rings (SSSR count). The number of benzene rings is 2. The van der Waals surface area contributed by atoms with Crippen molar-refractivity contribution in [2.45, 2.75) is 19.0 Å². The molecule has 0 saturated heterocycles. The molecule has 0 aliphatic carbocycles. The molecule has 0 saturated carbocycles. The normalized spacial score (nSPS) is 13.5. The van der Waals surface area contributed by atoms with Crippen LogP contribution in [0.2, 0.25) is 0 Å². The van der Waals surface area contributed by atoms with Crippen LogP contribution in [0, 0.1) is 0 Å². The minimum atomic E-state index is 0.291. The lowest BCUT2D eigenvalue weighted by Gasteiger charge is -2.25. The van der Waals surface area contributed by atoms with E-state index >= 15 is 0 Å². The van der Waals surface area contributed by atoms with Crippen LogP contribution in [0.5, 0.6) is 11.5 Å². The summed E-state index contributed by atoms with van der Waals surface area (Å²) in [5, 5.41) is 7.24. The van der Waals surface area contributed by atoms with Crippen LogP contribution in [-0.2, 0) is 13.0 Å². The van der Waals surface area contributed by atoms with E-state index in [9.17, 15) is 0 Å². The Morgan fingerprint density at radius 3 is 2.58 bits per heavy atom. The zero-order valence-electron chi connectivity index (χ0n) is 15.2. The Morgan fingerprint density at radius 1 is 1.04 bits per heavy atom. The first-order valence-corrected chi connectivity index (χ1v) is 9.13. The van der Waals surface area contributed by atoms with Gasteiger partial charge in [-0.05, 0) is 56.0 Å². The summed E-state index contributed by atoms with van der Waals surface area (Å²) in [4.78, 5) is 2.22. The van der Waals surface area contributed by atoms with Crippen LogP contribution in [0.4, 0.5) is 0 Å². The molecule has 1 heterocycles. The SMILES string of the molecule is CN(C)[C@@H](CNC(=S)NCc1ccc2c(c1)OCO2)Cc1ccccc1. The highest BCUT2D eigenvalue weighted by molar-refractivity contribution is 7.80. The molecule has 0 unspecified atom stereocenters. The Labute approximate surface area is 160 Å². The average molecular weight is 372 g/mol. The Kier molecular flexibility index (Phi) is 6.30. The van der Waals surface area contributed by atoms with Gasteiger partial charge in [-0.1, -0.05) is 36.4 Å². The molecule has 0 bridgehead atoms. The first-order valence-electron chi connectivity index (χ1n) is 8.72. The number of likely N-dealkylation sites (N-methyl/N-ethyl adjacent to an activating group) is 1. The van der Waals surface area contributed by atoms with Crippen molar-refractivity contribution >= 4 is 17.3 Å². The fourth-order valence-corrected chi connectivity index (χ4v) is 2.99. The largest absolute Gasteiger partial charge is 0.454 e. The Balaban J connectivity index is 1.46. The van der Waals surface area contributed by atoms with Crippen LogP contribution in [0.25, 0.3) is 0 Å². The van der Waals surface area contributed by atoms with Crippen molar-refractivity contribution in [1.82, 2.24) is 15.5 Å². The summed E-state index contributed by atoms with van der Waals surface area (Å²) in [7, 11) is 4.19. The van der Waals surface area contributed by atoms with Crippen molar-refractivity contribution in [2.24, 2.45) is 0 Å². The Bertz CT molecular complexity index is 737. The number of hydrogen-bond acceptors (Lipinski definition) is 4. The highest BCUT2D eigenvalue weighted by atomic mass is 32.1. The maximum Gasteiger partial charge on any atom is 0.231 e. The topological polar surface area (TPSA) is 45.8 Å². The fourth-order valence-electron chi connectivity index (χ4n) is 2.83. The summed E-state index contributed by atoms with van der Waals surface area (Å²) in [6.45, 7) is 1.72. The van der Waals surface area contributed by atoms with E-state index in [1.54, 1.807) is 0 Å². The van der Waals surface area contributed by atoms with Gasteiger partial charge in [0, 0.05) is 19.1 Å². The number of fused-ring (bicyclic) bond motifs is 1. The zero-order chi connectivity index (χ0) is 18.4. The number of ether oxygens (including phenoxy) is 2. The van der Waals surface area contributed by atoms with Gasteiger partial charge >= 0.3 is 0 Å².